The van der Waals surface area contributed by atoms with Gasteiger partial charge in [0.15, 0.2) is 0 Å². The van der Waals surface area contributed by atoms with Gasteiger partial charge in [0.05, 0.1) is 6.17 Å². The zero-order valence-electron chi connectivity index (χ0n) is 8.96. The largest absolute Gasteiger partial charge is 0.465 e. The number of amides is 1. The summed E-state index contributed by atoms with van der Waals surface area (Å²) in [4.78, 5) is 12.3. The van der Waals surface area contributed by atoms with Gasteiger partial charge in [0.25, 0.3) is 0 Å². The molecule has 0 fully saturated rings. The second-order valence-electron chi connectivity index (χ2n) is 4.22. The average molecular weight is 267 g/mol. The monoisotopic (exact) mass is 266 g/mol. The van der Waals surface area contributed by atoms with E-state index in [-0.39, 0.29) is 0 Å². The van der Waals surface area contributed by atoms with E-state index in [4.69, 9.17) is 10.8 Å². The number of carbonyl (C=O) groups is 1. The number of halogens is 1. The van der Waals surface area contributed by atoms with Gasteiger partial charge >= 0.3 is 6.09 Å². The lowest BCUT2D eigenvalue weighted by Crippen LogP contribution is -2.54. The van der Waals surface area contributed by atoms with Gasteiger partial charge < -0.3 is 10.8 Å². The Balaban J connectivity index is 4.42. The van der Waals surface area contributed by atoms with Gasteiger partial charge in [-0.3, -0.25) is 4.90 Å². The van der Waals surface area contributed by atoms with E-state index in [1.807, 2.05) is 20.8 Å². The van der Waals surface area contributed by atoms with E-state index in [2.05, 4.69) is 15.9 Å². The van der Waals surface area contributed by atoms with Crippen LogP contribution in [0.15, 0.2) is 0 Å². The second-order valence-corrected chi connectivity index (χ2v) is 5.01. The van der Waals surface area contributed by atoms with Crippen molar-refractivity contribution in [2.45, 2.75) is 45.3 Å². The minimum atomic E-state index is -0.959. The van der Waals surface area contributed by atoms with Crippen molar-refractivity contribution in [3.05, 3.63) is 0 Å². The Morgan fingerprint density at radius 2 is 2.07 bits per heavy atom. The molecule has 0 aromatic heterocycles. The molecule has 0 aromatic carbocycles. The summed E-state index contributed by atoms with van der Waals surface area (Å²) in [5, 5.41) is 9.86. The first-order valence-corrected chi connectivity index (χ1v) is 5.76. The molecule has 0 rings (SSSR count). The smallest absolute Gasteiger partial charge is 0.408 e. The normalized spacial score (nSPS) is 13.8. The van der Waals surface area contributed by atoms with Crippen molar-refractivity contribution in [2.75, 3.05) is 5.33 Å². The SMILES string of the molecule is CC(C)(C)N(C(=O)O)C(N)CCCBr. The summed E-state index contributed by atoms with van der Waals surface area (Å²) in [6.45, 7) is 5.53. The molecule has 0 aliphatic rings. The van der Waals surface area contributed by atoms with Crippen molar-refractivity contribution in [3.63, 3.8) is 0 Å². The van der Waals surface area contributed by atoms with Crippen molar-refractivity contribution in [1.82, 2.24) is 4.90 Å². The number of rotatable bonds is 4. The molecular formula is C9H19BrN2O2. The fourth-order valence-corrected chi connectivity index (χ4v) is 1.67. The molecule has 5 heteroatoms. The Bertz CT molecular complexity index is 192. The van der Waals surface area contributed by atoms with Crippen molar-refractivity contribution in [2.24, 2.45) is 5.73 Å². The highest BCUT2D eigenvalue weighted by Gasteiger charge is 2.30. The molecule has 0 radical (unpaired) electrons. The number of alkyl halides is 1. The molecule has 1 unspecified atom stereocenters. The van der Waals surface area contributed by atoms with Crippen LogP contribution in [0.3, 0.4) is 0 Å². The molecule has 0 heterocycles. The van der Waals surface area contributed by atoms with Crippen LogP contribution in [0.1, 0.15) is 33.6 Å². The van der Waals surface area contributed by atoms with Crippen LogP contribution in [0.5, 0.6) is 0 Å². The zero-order valence-corrected chi connectivity index (χ0v) is 10.5. The van der Waals surface area contributed by atoms with Crippen LogP contribution in [-0.2, 0) is 0 Å². The predicted octanol–water partition coefficient (Wildman–Crippen LogP) is 2.22. The van der Waals surface area contributed by atoms with E-state index in [0.717, 1.165) is 11.8 Å². The maximum absolute atomic E-state index is 11.0. The molecule has 0 saturated carbocycles. The molecule has 4 nitrogen and oxygen atoms in total. The molecule has 84 valence electrons. The molecule has 0 aliphatic carbocycles. The van der Waals surface area contributed by atoms with Crippen LogP contribution in [0.25, 0.3) is 0 Å². The second kappa shape index (κ2) is 5.56. The first kappa shape index (κ1) is 13.7. The van der Waals surface area contributed by atoms with Gasteiger partial charge in [-0.05, 0) is 33.6 Å². The summed E-state index contributed by atoms with van der Waals surface area (Å²) in [6, 6.07) is 0. The van der Waals surface area contributed by atoms with E-state index in [0.29, 0.717) is 6.42 Å². The lowest BCUT2D eigenvalue weighted by Gasteiger charge is -2.37. The summed E-state index contributed by atoms with van der Waals surface area (Å²) < 4.78 is 0. The first-order valence-electron chi connectivity index (χ1n) is 4.64. The minimum absolute atomic E-state index is 0.426. The summed E-state index contributed by atoms with van der Waals surface area (Å²) in [6.07, 6.45) is 0.167. The minimum Gasteiger partial charge on any atom is -0.465 e. The summed E-state index contributed by atoms with van der Waals surface area (Å²) >= 11 is 3.29. The first-order chi connectivity index (χ1) is 6.30. The lowest BCUT2D eigenvalue weighted by atomic mass is 10.0. The van der Waals surface area contributed by atoms with Gasteiger partial charge in [-0.2, -0.15) is 0 Å². The van der Waals surface area contributed by atoms with Gasteiger partial charge in [0.1, 0.15) is 0 Å². The van der Waals surface area contributed by atoms with E-state index >= 15 is 0 Å². The number of hydrogen-bond acceptors (Lipinski definition) is 2. The van der Waals surface area contributed by atoms with Crippen molar-refractivity contribution >= 4 is 22.0 Å². The van der Waals surface area contributed by atoms with Crippen molar-refractivity contribution in [1.29, 1.82) is 0 Å². The highest BCUT2D eigenvalue weighted by Crippen LogP contribution is 2.17. The Hall–Kier alpha value is -0.290. The van der Waals surface area contributed by atoms with E-state index < -0.39 is 17.8 Å². The predicted molar refractivity (Wildman–Crippen MR) is 60.6 cm³/mol. The molecule has 0 saturated heterocycles. The van der Waals surface area contributed by atoms with Gasteiger partial charge in [-0.15, -0.1) is 0 Å². The highest BCUT2D eigenvalue weighted by molar-refractivity contribution is 9.09. The van der Waals surface area contributed by atoms with Crippen molar-refractivity contribution in [3.8, 4) is 0 Å². The Kier molecular flexibility index (Phi) is 5.44. The lowest BCUT2D eigenvalue weighted by molar-refractivity contribution is 0.0690. The molecule has 0 bridgehead atoms. The fraction of sp³-hybridized carbons (Fsp3) is 0.889. The molecule has 3 N–H and O–H groups in total. The molecule has 0 aliphatic heterocycles. The zero-order chi connectivity index (χ0) is 11.4. The number of nitrogens with two attached hydrogens (primary N) is 1. The summed E-state index contributed by atoms with van der Waals surface area (Å²) in [5.41, 5.74) is 5.37. The maximum Gasteiger partial charge on any atom is 0.408 e. The van der Waals surface area contributed by atoms with Gasteiger partial charge in [0, 0.05) is 10.9 Å². The summed E-state index contributed by atoms with van der Waals surface area (Å²) in [7, 11) is 0. The Labute approximate surface area is 93.6 Å². The number of carboxylic acid groups (broad SMARTS) is 1. The van der Waals surface area contributed by atoms with Gasteiger partial charge in [-0.1, -0.05) is 15.9 Å². The summed E-state index contributed by atoms with van der Waals surface area (Å²) in [5.74, 6) is 0. The number of nitrogens with zero attached hydrogens (tertiary/aromatic N) is 1. The Morgan fingerprint density at radius 3 is 2.36 bits per heavy atom. The highest BCUT2D eigenvalue weighted by atomic mass is 79.9. The Morgan fingerprint density at radius 1 is 1.57 bits per heavy atom. The average Bonchev–Trinajstić information content (AvgIpc) is 1.97. The van der Waals surface area contributed by atoms with Crippen LogP contribution >= 0.6 is 15.9 Å². The van der Waals surface area contributed by atoms with Crippen LogP contribution < -0.4 is 5.73 Å². The van der Waals surface area contributed by atoms with Crippen molar-refractivity contribution < 1.29 is 9.90 Å². The van der Waals surface area contributed by atoms with Crippen LogP contribution in [0, 0.1) is 0 Å². The maximum atomic E-state index is 11.0. The quantitative estimate of drug-likeness (QED) is 0.606. The van der Waals surface area contributed by atoms with E-state index in [9.17, 15) is 4.79 Å². The molecule has 1 amide bonds. The van der Waals surface area contributed by atoms with Gasteiger partial charge in [-0.25, -0.2) is 4.79 Å². The fourth-order valence-electron chi connectivity index (χ4n) is 1.34. The molecule has 14 heavy (non-hydrogen) atoms. The molecule has 1 atom stereocenters. The molecule has 0 spiro atoms. The van der Waals surface area contributed by atoms with E-state index in [1.165, 1.54) is 4.90 Å². The van der Waals surface area contributed by atoms with Crippen LogP contribution in [0.4, 0.5) is 4.79 Å². The van der Waals surface area contributed by atoms with Crippen LogP contribution in [0.2, 0.25) is 0 Å². The molecule has 0 aromatic rings. The third-order valence-electron chi connectivity index (χ3n) is 1.89. The van der Waals surface area contributed by atoms with Crippen LogP contribution in [-0.4, -0.2) is 33.1 Å². The standard InChI is InChI=1S/C9H19BrN2O2/c1-9(2,3)12(8(13)14)7(11)5-4-6-10/h7H,4-6,11H2,1-3H3,(H,13,14). The van der Waals surface area contributed by atoms with E-state index in [1.54, 1.807) is 0 Å². The topological polar surface area (TPSA) is 66.6 Å². The third kappa shape index (κ3) is 4.28. The third-order valence-corrected chi connectivity index (χ3v) is 2.45. The van der Waals surface area contributed by atoms with Gasteiger partial charge in [0.2, 0.25) is 0 Å². The number of hydrogen-bond donors (Lipinski definition) is 2. The molecular weight excluding hydrogens is 248 g/mol.